The summed E-state index contributed by atoms with van der Waals surface area (Å²) in [4.78, 5) is 2.44. The highest BCUT2D eigenvalue weighted by Gasteiger charge is 2.08. The van der Waals surface area contributed by atoms with Crippen molar-refractivity contribution in [2.75, 3.05) is 7.11 Å². The predicted octanol–water partition coefficient (Wildman–Crippen LogP) is 4.04. The van der Waals surface area contributed by atoms with Gasteiger partial charge >= 0.3 is 0 Å². The van der Waals surface area contributed by atoms with Gasteiger partial charge in [-0.3, -0.25) is 0 Å². The number of benzene rings is 2. The first-order valence-corrected chi connectivity index (χ1v) is 7.57. The number of aryl methyl sites for hydroxylation is 1. The fraction of sp³-hybridized carbons (Fsp3) is 0.294. The average molecular weight is 287 g/mol. The van der Waals surface area contributed by atoms with Gasteiger partial charge in [0.1, 0.15) is 5.75 Å². The van der Waals surface area contributed by atoms with Gasteiger partial charge in [0.15, 0.2) is 0 Å². The summed E-state index contributed by atoms with van der Waals surface area (Å²) in [6.45, 7) is 4.16. The molecule has 0 spiro atoms. The van der Waals surface area contributed by atoms with Crippen LogP contribution in [-0.2, 0) is 6.42 Å². The van der Waals surface area contributed by atoms with Gasteiger partial charge in [-0.1, -0.05) is 35.5 Å². The van der Waals surface area contributed by atoms with E-state index >= 15 is 0 Å². The zero-order chi connectivity index (χ0) is 14.5. The van der Waals surface area contributed by atoms with Crippen LogP contribution in [0.3, 0.4) is 0 Å². The van der Waals surface area contributed by atoms with E-state index in [1.54, 1.807) is 18.9 Å². The van der Waals surface area contributed by atoms with Crippen molar-refractivity contribution in [1.29, 1.82) is 0 Å². The van der Waals surface area contributed by atoms with Crippen LogP contribution >= 0.6 is 11.8 Å². The van der Waals surface area contributed by atoms with Gasteiger partial charge < -0.3 is 10.5 Å². The molecule has 0 fully saturated rings. The van der Waals surface area contributed by atoms with E-state index in [0.29, 0.717) is 0 Å². The zero-order valence-corrected chi connectivity index (χ0v) is 13.0. The Kier molecular flexibility index (Phi) is 5.10. The number of rotatable bonds is 5. The van der Waals surface area contributed by atoms with Crippen molar-refractivity contribution in [2.45, 2.75) is 36.1 Å². The van der Waals surface area contributed by atoms with Gasteiger partial charge in [-0.25, -0.2) is 0 Å². The Labute approximate surface area is 125 Å². The first-order chi connectivity index (χ1) is 9.58. The molecule has 3 heteroatoms. The highest BCUT2D eigenvalue weighted by molar-refractivity contribution is 7.99. The molecule has 0 aromatic heterocycles. The van der Waals surface area contributed by atoms with Crippen LogP contribution in [0.25, 0.3) is 0 Å². The van der Waals surface area contributed by atoms with E-state index in [0.717, 1.165) is 12.2 Å². The molecule has 0 saturated carbocycles. The number of methoxy groups -OCH3 is 1. The van der Waals surface area contributed by atoms with Gasteiger partial charge in [0.05, 0.1) is 7.11 Å². The van der Waals surface area contributed by atoms with Gasteiger partial charge in [-0.05, 0) is 50.1 Å². The molecule has 1 unspecified atom stereocenters. The Balaban J connectivity index is 2.27. The van der Waals surface area contributed by atoms with Crippen LogP contribution in [0, 0.1) is 6.92 Å². The molecule has 0 radical (unpaired) electrons. The number of hydrogen-bond acceptors (Lipinski definition) is 3. The molecule has 20 heavy (non-hydrogen) atoms. The maximum absolute atomic E-state index is 5.95. The molecule has 1 atom stereocenters. The van der Waals surface area contributed by atoms with E-state index in [-0.39, 0.29) is 6.04 Å². The minimum Gasteiger partial charge on any atom is -0.497 e. The molecule has 0 bridgehead atoms. The van der Waals surface area contributed by atoms with Crippen molar-refractivity contribution in [3.05, 3.63) is 53.6 Å². The molecule has 106 valence electrons. The van der Waals surface area contributed by atoms with Gasteiger partial charge in [-0.2, -0.15) is 0 Å². The lowest BCUT2D eigenvalue weighted by atomic mass is 10.1. The molecule has 2 aromatic rings. The van der Waals surface area contributed by atoms with E-state index in [9.17, 15) is 0 Å². The molecule has 2 rings (SSSR count). The van der Waals surface area contributed by atoms with E-state index < -0.39 is 0 Å². The van der Waals surface area contributed by atoms with Crippen molar-refractivity contribution in [3.63, 3.8) is 0 Å². The SMILES string of the molecule is COc1cccc(Sc2ccc(C)cc2CC(C)N)c1. The lowest BCUT2D eigenvalue weighted by Gasteiger charge is -2.13. The molecular formula is C17H21NOS. The number of ether oxygens (including phenoxy) is 1. The minimum atomic E-state index is 0.168. The molecule has 0 aliphatic carbocycles. The summed E-state index contributed by atoms with van der Waals surface area (Å²) in [5, 5.41) is 0. The van der Waals surface area contributed by atoms with Crippen LogP contribution in [0.2, 0.25) is 0 Å². The first kappa shape index (κ1) is 14.9. The number of nitrogens with two attached hydrogens (primary N) is 1. The second-order valence-corrected chi connectivity index (χ2v) is 6.19. The summed E-state index contributed by atoms with van der Waals surface area (Å²) in [6.07, 6.45) is 0.897. The summed E-state index contributed by atoms with van der Waals surface area (Å²) < 4.78 is 5.27. The van der Waals surface area contributed by atoms with Gasteiger partial charge in [0.2, 0.25) is 0 Å². The van der Waals surface area contributed by atoms with Crippen molar-refractivity contribution >= 4 is 11.8 Å². The summed E-state index contributed by atoms with van der Waals surface area (Å²) >= 11 is 1.76. The number of hydrogen-bond donors (Lipinski definition) is 1. The standard InChI is InChI=1S/C17H21NOS/c1-12-7-8-17(14(9-12)10-13(2)18)20-16-6-4-5-15(11-16)19-3/h4-9,11,13H,10,18H2,1-3H3. The summed E-state index contributed by atoms with van der Waals surface area (Å²) in [6, 6.07) is 14.9. The van der Waals surface area contributed by atoms with Crippen LogP contribution in [0.15, 0.2) is 52.3 Å². The first-order valence-electron chi connectivity index (χ1n) is 6.75. The zero-order valence-electron chi connectivity index (χ0n) is 12.2. The lowest BCUT2D eigenvalue weighted by molar-refractivity contribution is 0.413. The normalized spacial score (nSPS) is 12.2. The smallest absolute Gasteiger partial charge is 0.119 e. The molecule has 0 saturated heterocycles. The quantitative estimate of drug-likeness (QED) is 0.901. The van der Waals surface area contributed by atoms with Crippen molar-refractivity contribution < 1.29 is 4.74 Å². The van der Waals surface area contributed by atoms with Crippen LogP contribution in [0.4, 0.5) is 0 Å². The van der Waals surface area contributed by atoms with Crippen LogP contribution in [-0.4, -0.2) is 13.2 Å². The second-order valence-electron chi connectivity index (χ2n) is 5.07. The van der Waals surface area contributed by atoms with E-state index in [1.165, 1.54) is 20.9 Å². The van der Waals surface area contributed by atoms with Crippen molar-refractivity contribution in [1.82, 2.24) is 0 Å². The summed E-state index contributed by atoms with van der Waals surface area (Å²) in [7, 11) is 1.69. The minimum absolute atomic E-state index is 0.168. The molecule has 2 aromatic carbocycles. The molecule has 0 heterocycles. The maximum Gasteiger partial charge on any atom is 0.119 e. The Bertz CT molecular complexity index is 581. The summed E-state index contributed by atoms with van der Waals surface area (Å²) in [5.41, 5.74) is 8.54. The third-order valence-electron chi connectivity index (χ3n) is 3.03. The Morgan fingerprint density at radius 1 is 1.20 bits per heavy atom. The summed E-state index contributed by atoms with van der Waals surface area (Å²) in [5.74, 6) is 0.885. The largest absolute Gasteiger partial charge is 0.497 e. The average Bonchev–Trinajstić information content (AvgIpc) is 2.41. The highest BCUT2D eigenvalue weighted by atomic mass is 32.2. The van der Waals surface area contributed by atoms with Crippen LogP contribution in [0.5, 0.6) is 5.75 Å². The second kappa shape index (κ2) is 6.82. The Morgan fingerprint density at radius 2 is 2.00 bits per heavy atom. The van der Waals surface area contributed by atoms with E-state index in [2.05, 4.69) is 37.3 Å². The molecule has 2 nitrogen and oxygen atoms in total. The van der Waals surface area contributed by atoms with E-state index in [1.807, 2.05) is 19.1 Å². The van der Waals surface area contributed by atoms with Gasteiger partial charge in [-0.15, -0.1) is 0 Å². The van der Waals surface area contributed by atoms with Crippen molar-refractivity contribution in [2.24, 2.45) is 5.73 Å². The Morgan fingerprint density at radius 3 is 2.70 bits per heavy atom. The molecule has 0 aliphatic rings. The fourth-order valence-electron chi connectivity index (χ4n) is 2.11. The molecular weight excluding hydrogens is 266 g/mol. The maximum atomic E-state index is 5.95. The Hall–Kier alpha value is -1.45. The third kappa shape index (κ3) is 4.02. The highest BCUT2D eigenvalue weighted by Crippen LogP contribution is 2.33. The van der Waals surface area contributed by atoms with Crippen LogP contribution in [0.1, 0.15) is 18.1 Å². The lowest BCUT2D eigenvalue weighted by Crippen LogP contribution is -2.18. The predicted molar refractivity (Wildman–Crippen MR) is 85.6 cm³/mol. The molecule has 0 aliphatic heterocycles. The topological polar surface area (TPSA) is 35.2 Å². The van der Waals surface area contributed by atoms with E-state index in [4.69, 9.17) is 10.5 Å². The van der Waals surface area contributed by atoms with Gasteiger partial charge in [0, 0.05) is 15.8 Å². The fourth-order valence-corrected chi connectivity index (χ4v) is 3.09. The van der Waals surface area contributed by atoms with Crippen LogP contribution < -0.4 is 10.5 Å². The van der Waals surface area contributed by atoms with Crippen molar-refractivity contribution in [3.8, 4) is 5.75 Å². The molecule has 2 N–H and O–H groups in total. The third-order valence-corrected chi connectivity index (χ3v) is 4.13. The monoisotopic (exact) mass is 287 g/mol. The molecule has 0 amide bonds. The van der Waals surface area contributed by atoms with Gasteiger partial charge in [0.25, 0.3) is 0 Å².